The Labute approximate surface area is 152 Å². The average molecular weight is 397 g/mol. The molecule has 0 saturated heterocycles. The summed E-state index contributed by atoms with van der Waals surface area (Å²) in [5.41, 5.74) is 5.98. The molecule has 0 amide bonds. The minimum atomic E-state index is -4.45. The predicted octanol–water partition coefficient (Wildman–Crippen LogP) is -0.0147. The van der Waals surface area contributed by atoms with E-state index in [1.807, 2.05) is 30.3 Å². The Kier molecular flexibility index (Phi) is 7.72. The van der Waals surface area contributed by atoms with E-state index in [2.05, 4.69) is 5.16 Å². The lowest BCUT2D eigenvalue weighted by molar-refractivity contribution is -0.702. The third kappa shape index (κ3) is 6.14. The largest absolute Gasteiger partial charge is 1.00 e. The van der Waals surface area contributed by atoms with Crippen molar-refractivity contribution < 1.29 is 35.6 Å². The molecular formula is C15H13Cl2F3N2OS. The smallest absolute Gasteiger partial charge is 0.416 e. The molecule has 9 heteroatoms. The van der Waals surface area contributed by atoms with Gasteiger partial charge < -0.3 is 17.2 Å². The van der Waals surface area contributed by atoms with Crippen molar-refractivity contribution in [3.05, 3.63) is 64.7 Å². The van der Waals surface area contributed by atoms with E-state index in [1.165, 1.54) is 11.8 Å². The van der Waals surface area contributed by atoms with Crippen LogP contribution in [0.15, 0.2) is 48.5 Å². The number of rotatable bonds is 4. The predicted molar refractivity (Wildman–Crippen MR) is 85.0 cm³/mol. The first-order valence-electron chi connectivity index (χ1n) is 6.45. The SMILES string of the molecule is NC(=[NH+]Oc1ccc(C(F)(F)F)cc1Cl)SCc1ccccc1.[Cl-]. The van der Waals surface area contributed by atoms with Gasteiger partial charge in [-0.05, 0) is 35.5 Å². The quantitative estimate of drug-likeness (QED) is 0.434. The summed E-state index contributed by atoms with van der Waals surface area (Å²) < 4.78 is 37.6. The summed E-state index contributed by atoms with van der Waals surface area (Å²) in [6, 6.07) is 12.5. The molecule has 0 spiro atoms. The van der Waals surface area contributed by atoms with Crippen LogP contribution in [-0.2, 0) is 11.9 Å². The third-order valence-electron chi connectivity index (χ3n) is 2.76. The normalized spacial score (nSPS) is 11.8. The molecule has 0 aliphatic carbocycles. The second-order valence-corrected chi connectivity index (χ2v) is 5.91. The van der Waals surface area contributed by atoms with Gasteiger partial charge in [0, 0.05) is 5.75 Å². The van der Waals surface area contributed by atoms with Crippen LogP contribution in [0.3, 0.4) is 0 Å². The molecule has 24 heavy (non-hydrogen) atoms. The van der Waals surface area contributed by atoms with E-state index in [-0.39, 0.29) is 28.3 Å². The lowest BCUT2D eigenvalue weighted by Gasteiger charge is -2.07. The van der Waals surface area contributed by atoms with Crippen LogP contribution in [0.2, 0.25) is 5.02 Å². The zero-order chi connectivity index (χ0) is 16.9. The van der Waals surface area contributed by atoms with Crippen molar-refractivity contribution in [3.63, 3.8) is 0 Å². The molecular weight excluding hydrogens is 384 g/mol. The Balaban J connectivity index is 0.00000288. The molecule has 2 rings (SSSR count). The van der Waals surface area contributed by atoms with Gasteiger partial charge in [0.15, 0.2) is 5.75 Å². The van der Waals surface area contributed by atoms with Crippen LogP contribution < -0.4 is 28.1 Å². The standard InChI is InChI=1S/C15H12ClF3N2OS.ClH/c16-12-8-11(15(17,18)19)6-7-13(12)22-21-14(20)23-9-10-4-2-1-3-5-10;/h1-8H,9H2,(H2,20,21);1H. The summed E-state index contributed by atoms with van der Waals surface area (Å²) in [7, 11) is 0. The zero-order valence-electron chi connectivity index (χ0n) is 12.1. The van der Waals surface area contributed by atoms with Crippen LogP contribution >= 0.6 is 23.4 Å². The van der Waals surface area contributed by atoms with Crippen LogP contribution in [-0.4, -0.2) is 5.17 Å². The number of halogens is 5. The molecule has 0 aromatic heterocycles. The van der Waals surface area contributed by atoms with Crippen LogP contribution in [0.1, 0.15) is 11.1 Å². The summed E-state index contributed by atoms with van der Waals surface area (Å²) in [4.78, 5) is 5.12. The first kappa shape index (κ1) is 20.5. The van der Waals surface area contributed by atoms with Crippen molar-refractivity contribution in [1.82, 2.24) is 0 Å². The molecule has 0 bridgehead atoms. The van der Waals surface area contributed by atoms with Gasteiger partial charge in [0.2, 0.25) is 0 Å². The summed E-state index contributed by atoms with van der Waals surface area (Å²) in [6.45, 7) is 0. The van der Waals surface area contributed by atoms with Gasteiger partial charge in [0.25, 0.3) is 0 Å². The minimum absolute atomic E-state index is 0. The molecule has 0 fully saturated rings. The Hall–Kier alpha value is -1.57. The van der Waals surface area contributed by atoms with Gasteiger partial charge in [-0.1, -0.05) is 47.1 Å². The first-order valence-corrected chi connectivity index (χ1v) is 7.81. The lowest BCUT2D eigenvalue weighted by atomic mass is 10.2. The molecule has 0 saturated carbocycles. The number of alkyl halides is 3. The molecule has 0 aliphatic rings. The van der Waals surface area contributed by atoms with E-state index in [1.54, 1.807) is 0 Å². The molecule has 3 N–H and O–H groups in total. The fourth-order valence-electron chi connectivity index (χ4n) is 1.63. The van der Waals surface area contributed by atoms with Crippen LogP contribution in [0.4, 0.5) is 13.2 Å². The number of hydrogen-bond donors (Lipinski definition) is 2. The maximum atomic E-state index is 12.5. The zero-order valence-corrected chi connectivity index (χ0v) is 14.4. The van der Waals surface area contributed by atoms with Crippen LogP contribution in [0.25, 0.3) is 0 Å². The van der Waals surface area contributed by atoms with E-state index in [9.17, 15) is 13.2 Å². The van der Waals surface area contributed by atoms with Crippen molar-refractivity contribution in [1.29, 1.82) is 0 Å². The fourth-order valence-corrected chi connectivity index (χ4v) is 2.46. The van der Waals surface area contributed by atoms with Gasteiger partial charge in [-0.3, -0.25) is 5.73 Å². The summed E-state index contributed by atoms with van der Waals surface area (Å²) in [5.74, 6) is 0.687. The van der Waals surface area contributed by atoms with Crippen molar-refractivity contribution in [3.8, 4) is 5.75 Å². The lowest BCUT2D eigenvalue weighted by Crippen LogP contribution is -3.00. The van der Waals surface area contributed by atoms with E-state index in [0.717, 1.165) is 23.8 Å². The van der Waals surface area contributed by atoms with E-state index < -0.39 is 11.7 Å². The van der Waals surface area contributed by atoms with Crippen molar-refractivity contribution in [2.24, 2.45) is 5.73 Å². The van der Waals surface area contributed by atoms with Crippen molar-refractivity contribution in [2.75, 3.05) is 0 Å². The Bertz CT molecular complexity index is 697. The highest BCUT2D eigenvalue weighted by atomic mass is 35.5. The molecule has 0 heterocycles. The van der Waals surface area contributed by atoms with Gasteiger partial charge in [0.05, 0.1) is 10.6 Å². The number of nitrogens with one attached hydrogen (secondary N) is 1. The van der Waals surface area contributed by atoms with Gasteiger partial charge in [-0.15, -0.1) is 0 Å². The fraction of sp³-hybridized carbons (Fsp3) is 0.133. The number of benzene rings is 2. The highest BCUT2D eigenvalue weighted by Crippen LogP contribution is 2.34. The molecule has 0 radical (unpaired) electrons. The first-order chi connectivity index (χ1) is 10.9. The number of hydrogen-bond acceptors (Lipinski definition) is 2. The van der Waals surface area contributed by atoms with Gasteiger partial charge in [-0.25, -0.2) is 0 Å². The molecule has 2 aromatic carbocycles. The van der Waals surface area contributed by atoms with E-state index in [0.29, 0.717) is 5.75 Å². The van der Waals surface area contributed by atoms with Crippen molar-refractivity contribution in [2.45, 2.75) is 11.9 Å². The van der Waals surface area contributed by atoms with Gasteiger partial charge in [-0.2, -0.15) is 13.2 Å². The third-order valence-corrected chi connectivity index (χ3v) is 3.93. The summed E-state index contributed by atoms with van der Waals surface area (Å²) >= 11 is 7.07. The molecule has 0 unspecified atom stereocenters. The van der Waals surface area contributed by atoms with Gasteiger partial charge in [0.1, 0.15) is 0 Å². The summed E-state index contributed by atoms with van der Waals surface area (Å²) in [5, 5.41) is 2.57. The van der Waals surface area contributed by atoms with E-state index in [4.69, 9.17) is 22.2 Å². The maximum absolute atomic E-state index is 12.5. The van der Waals surface area contributed by atoms with Crippen molar-refractivity contribution >= 4 is 28.5 Å². The Morgan fingerprint density at radius 1 is 1.17 bits per heavy atom. The second-order valence-electron chi connectivity index (χ2n) is 4.49. The number of nitrogens with two attached hydrogens (primary N) is 1. The Morgan fingerprint density at radius 3 is 2.42 bits per heavy atom. The molecule has 0 aliphatic heterocycles. The minimum Gasteiger partial charge on any atom is -1.00 e. The van der Waals surface area contributed by atoms with Crippen LogP contribution in [0.5, 0.6) is 5.75 Å². The molecule has 3 nitrogen and oxygen atoms in total. The summed E-state index contributed by atoms with van der Waals surface area (Å²) in [6.07, 6.45) is -4.45. The second kappa shape index (κ2) is 9.05. The topological polar surface area (TPSA) is 49.2 Å². The monoisotopic (exact) mass is 396 g/mol. The van der Waals surface area contributed by atoms with Gasteiger partial charge >= 0.3 is 11.3 Å². The molecule has 130 valence electrons. The highest BCUT2D eigenvalue weighted by molar-refractivity contribution is 8.12. The average Bonchev–Trinajstić information content (AvgIpc) is 2.51. The number of thioether (sulfide) groups is 1. The van der Waals surface area contributed by atoms with E-state index >= 15 is 0 Å². The highest BCUT2D eigenvalue weighted by Gasteiger charge is 2.31. The number of amidine groups is 1. The Morgan fingerprint density at radius 2 is 1.83 bits per heavy atom. The maximum Gasteiger partial charge on any atom is 0.416 e. The molecule has 0 atom stereocenters. The molecule has 2 aromatic rings. The van der Waals surface area contributed by atoms with Crippen LogP contribution in [0, 0.1) is 0 Å².